The molecule has 2 aromatic rings. The molecule has 6 heteroatoms. The number of hydrogen-bond donors (Lipinski definition) is 0. The quantitative estimate of drug-likeness (QED) is 0.225. The standard InChI is InChI=1S/C27H35Br2N2.CH3.H2O.Pd/c1-16(2)22-11-20(28)12-23(17(3)4)26(22)30-9-10-31(15-30)27-24(18(5)6)13-21(29)14-25(27)19(7)8;;;/h9-19H,1-8H3;1H3;1H2;/q2*-1;;+2. The molecule has 2 aromatic carbocycles. The molecule has 0 fully saturated rings. The molecular weight excluding hydrogens is 647 g/mol. The van der Waals surface area contributed by atoms with Crippen LogP contribution in [0.4, 0.5) is 11.4 Å². The zero-order valence-corrected chi connectivity index (χ0v) is 26.5. The van der Waals surface area contributed by atoms with Crippen LogP contribution in [0.25, 0.3) is 0 Å². The topological polar surface area (TPSA) is 38.0 Å². The summed E-state index contributed by atoms with van der Waals surface area (Å²) in [5.74, 6) is 1.74. The maximum absolute atomic E-state index is 3.74. The molecule has 0 spiro atoms. The van der Waals surface area contributed by atoms with Crippen LogP contribution in [0.15, 0.2) is 45.6 Å². The van der Waals surface area contributed by atoms with Crippen molar-refractivity contribution in [3.05, 3.63) is 82.0 Å². The Labute approximate surface area is 238 Å². The van der Waals surface area contributed by atoms with Crippen molar-refractivity contribution in [2.75, 3.05) is 9.80 Å². The Morgan fingerprint density at radius 1 is 0.588 bits per heavy atom. The van der Waals surface area contributed by atoms with Gasteiger partial charge in [0.2, 0.25) is 0 Å². The van der Waals surface area contributed by atoms with Gasteiger partial charge in [-0.2, -0.15) is 0 Å². The first-order valence-corrected chi connectivity index (χ1v) is 12.9. The predicted octanol–water partition coefficient (Wildman–Crippen LogP) is 9.25. The fourth-order valence-corrected chi connectivity index (χ4v) is 5.25. The van der Waals surface area contributed by atoms with Crippen LogP contribution in [0, 0.1) is 14.1 Å². The second-order valence-electron chi connectivity index (χ2n) is 9.71. The summed E-state index contributed by atoms with van der Waals surface area (Å²) in [5.41, 5.74) is 8.08. The van der Waals surface area contributed by atoms with Crippen LogP contribution in [0.5, 0.6) is 0 Å². The number of rotatable bonds is 6. The van der Waals surface area contributed by atoms with Gasteiger partial charge in [-0.15, -0.1) is 6.67 Å². The van der Waals surface area contributed by atoms with E-state index >= 15 is 0 Å². The molecule has 0 unspecified atom stereocenters. The van der Waals surface area contributed by atoms with E-state index in [2.05, 4.69) is 140 Å². The van der Waals surface area contributed by atoms with Gasteiger partial charge in [0.15, 0.2) is 0 Å². The number of hydrogen-bond acceptors (Lipinski definition) is 2. The third-order valence-electron chi connectivity index (χ3n) is 5.91. The van der Waals surface area contributed by atoms with E-state index in [-0.39, 0.29) is 33.3 Å². The Hall–Kier alpha value is -0.638. The molecule has 0 saturated carbocycles. The van der Waals surface area contributed by atoms with Crippen molar-refractivity contribution in [3.8, 4) is 0 Å². The van der Waals surface area contributed by atoms with Gasteiger partial charge in [-0.3, -0.25) is 0 Å². The summed E-state index contributed by atoms with van der Waals surface area (Å²) in [6.07, 6.45) is 4.41. The first-order chi connectivity index (χ1) is 14.5. The van der Waals surface area contributed by atoms with E-state index in [1.165, 1.54) is 33.6 Å². The monoisotopic (exact) mass is 684 g/mol. The molecule has 1 heterocycles. The average molecular weight is 687 g/mol. The SMILES string of the molecule is CC(C)c1cc(Br)cc(C(C)C)c1N1C=CN(c2c(C(C)C)cc(Br)cc2C(C)C)[CH-]1.O.[CH3-].[Pd+2]. The maximum atomic E-state index is 3.74. The minimum absolute atomic E-state index is 0. The predicted molar refractivity (Wildman–Crippen MR) is 153 cm³/mol. The summed E-state index contributed by atoms with van der Waals surface area (Å²) in [6.45, 7) is 20.4. The fourth-order valence-electron chi connectivity index (χ4n) is 4.26. The zero-order chi connectivity index (χ0) is 23.0. The number of halogens is 2. The van der Waals surface area contributed by atoms with Gasteiger partial charge >= 0.3 is 20.4 Å². The normalized spacial score (nSPS) is 13.0. The maximum Gasteiger partial charge on any atom is 2.00 e. The molecule has 0 bridgehead atoms. The summed E-state index contributed by atoms with van der Waals surface area (Å²) in [4.78, 5) is 4.63. The van der Waals surface area contributed by atoms with Gasteiger partial charge in [0.1, 0.15) is 0 Å². The van der Waals surface area contributed by atoms with Crippen LogP contribution in [0.3, 0.4) is 0 Å². The molecule has 34 heavy (non-hydrogen) atoms. The summed E-state index contributed by atoms with van der Waals surface area (Å²) in [5, 5.41) is 0. The molecule has 192 valence electrons. The minimum Gasteiger partial charge on any atom is -0.479 e. The first-order valence-electron chi connectivity index (χ1n) is 11.3. The van der Waals surface area contributed by atoms with Crippen molar-refractivity contribution in [2.24, 2.45) is 0 Å². The summed E-state index contributed by atoms with van der Waals surface area (Å²) >= 11 is 7.47. The van der Waals surface area contributed by atoms with E-state index in [9.17, 15) is 0 Å². The number of nitrogens with zero attached hydrogens (tertiary/aromatic N) is 2. The van der Waals surface area contributed by atoms with Gasteiger partial charge in [-0.1, -0.05) is 87.2 Å². The van der Waals surface area contributed by atoms with Gasteiger partial charge in [0.05, 0.1) is 0 Å². The Morgan fingerprint density at radius 2 is 0.824 bits per heavy atom. The largest absolute Gasteiger partial charge is 2.00 e. The third kappa shape index (κ3) is 6.98. The second kappa shape index (κ2) is 13.6. The van der Waals surface area contributed by atoms with Gasteiger partial charge in [0.25, 0.3) is 0 Å². The third-order valence-corrected chi connectivity index (χ3v) is 6.82. The van der Waals surface area contributed by atoms with Crippen molar-refractivity contribution in [2.45, 2.75) is 79.1 Å². The van der Waals surface area contributed by atoms with Crippen molar-refractivity contribution in [3.63, 3.8) is 0 Å². The van der Waals surface area contributed by atoms with Gasteiger partial charge < -0.3 is 22.7 Å². The van der Waals surface area contributed by atoms with Gasteiger partial charge in [-0.25, -0.2) is 0 Å². The Balaban J connectivity index is 0.00000363. The van der Waals surface area contributed by atoms with Crippen molar-refractivity contribution in [1.29, 1.82) is 0 Å². The number of anilines is 2. The van der Waals surface area contributed by atoms with Crippen molar-refractivity contribution < 1.29 is 25.9 Å². The average Bonchev–Trinajstić information content (AvgIpc) is 3.15. The van der Waals surface area contributed by atoms with E-state index in [4.69, 9.17) is 0 Å². The van der Waals surface area contributed by atoms with Crippen LogP contribution in [-0.2, 0) is 20.4 Å². The van der Waals surface area contributed by atoms with Gasteiger partial charge in [-0.05, 0) is 82.6 Å². The van der Waals surface area contributed by atoms with Crippen LogP contribution >= 0.6 is 31.9 Å². The summed E-state index contributed by atoms with van der Waals surface area (Å²) < 4.78 is 2.31. The molecule has 3 rings (SSSR count). The van der Waals surface area contributed by atoms with Gasteiger partial charge in [0, 0.05) is 20.3 Å². The number of benzene rings is 2. The molecule has 0 aromatic heterocycles. The molecule has 0 radical (unpaired) electrons. The van der Waals surface area contributed by atoms with Crippen LogP contribution in [-0.4, -0.2) is 5.48 Å². The van der Waals surface area contributed by atoms with Crippen molar-refractivity contribution >= 4 is 43.2 Å². The Morgan fingerprint density at radius 3 is 1.03 bits per heavy atom. The molecule has 0 aliphatic carbocycles. The Kier molecular flexibility index (Phi) is 13.4. The molecule has 2 N–H and O–H groups in total. The van der Waals surface area contributed by atoms with E-state index in [0.717, 1.165) is 8.95 Å². The van der Waals surface area contributed by atoms with E-state index in [1.807, 2.05) is 0 Å². The molecular formula is C28H40Br2N2OPd. The summed E-state index contributed by atoms with van der Waals surface area (Å²) in [6, 6.07) is 9.09. The fraction of sp³-hybridized carbons (Fsp3) is 0.429. The first kappa shape index (κ1) is 33.4. The molecule has 1 aliphatic heterocycles. The van der Waals surface area contributed by atoms with Crippen LogP contribution in [0.1, 0.15) is 101 Å². The Bertz CT molecular complexity index is 851. The minimum atomic E-state index is 0. The molecule has 0 amide bonds. The van der Waals surface area contributed by atoms with E-state index in [1.54, 1.807) is 0 Å². The van der Waals surface area contributed by atoms with Crippen LogP contribution in [0.2, 0.25) is 0 Å². The molecule has 1 aliphatic rings. The smallest absolute Gasteiger partial charge is 0.479 e. The zero-order valence-electron chi connectivity index (χ0n) is 21.8. The second-order valence-corrected chi connectivity index (χ2v) is 11.5. The summed E-state index contributed by atoms with van der Waals surface area (Å²) in [7, 11) is 0. The van der Waals surface area contributed by atoms with Crippen molar-refractivity contribution in [1.82, 2.24) is 0 Å². The molecule has 0 saturated heterocycles. The van der Waals surface area contributed by atoms with Crippen LogP contribution < -0.4 is 9.80 Å². The van der Waals surface area contributed by atoms with E-state index in [0.29, 0.717) is 23.7 Å². The molecule has 0 atom stereocenters. The van der Waals surface area contributed by atoms with E-state index < -0.39 is 0 Å². The molecule has 3 nitrogen and oxygen atoms in total.